The van der Waals surface area contributed by atoms with Gasteiger partial charge in [-0.15, -0.1) is 22.7 Å². The van der Waals surface area contributed by atoms with E-state index in [0.717, 1.165) is 9.40 Å². The van der Waals surface area contributed by atoms with Crippen molar-refractivity contribution in [1.82, 2.24) is 5.32 Å². The Hall–Kier alpha value is -2.12. The lowest BCUT2D eigenvalue weighted by molar-refractivity contribution is 0.0694. The van der Waals surface area contributed by atoms with E-state index in [0.29, 0.717) is 16.4 Å². The summed E-state index contributed by atoms with van der Waals surface area (Å²) in [5.74, 6) is -0.457. The zero-order valence-corrected chi connectivity index (χ0v) is 12.6. The Morgan fingerprint density at radius 3 is 2.81 bits per heavy atom. The summed E-state index contributed by atoms with van der Waals surface area (Å²) < 4.78 is 7.50. The fourth-order valence-electron chi connectivity index (χ4n) is 1.98. The Morgan fingerprint density at radius 1 is 1.33 bits per heavy atom. The number of aryl methyl sites for hydroxylation is 1. The Bertz CT molecular complexity index is 799. The van der Waals surface area contributed by atoms with Crippen molar-refractivity contribution in [3.63, 3.8) is 0 Å². The summed E-state index contributed by atoms with van der Waals surface area (Å²) in [5.41, 5.74) is 0.121. The number of nitrogens with one attached hydrogen (secondary N) is 1. The highest BCUT2D eigenvalue weighted by Crippen LogP contribution is 2.29. The summed E-state index contributed by atoms with van der Waals surface area (Å²) in [5, 5.41) is 13.7. The minimum absolute atomic E-state index is 0.121. The molecule has 0 radical (unpaired) electrons. The van der Waals surface area contributed by atoms with E-state index in [1.807, 2.05) is 17.5 Å². The van der Waals surface area contributed by atoms with Crippen LogP contribution in [0.3, 0.4) is 0 Å². The molecule has 0 atom stereocenters. The Balaban J connectivity index is 1.69. The first kappa shape index (κ1) is 13.8. The normalized spacial score (nSPS) is 10.9. The number of thiophene rings is 2. The number of carboxylic acids is 1. The van der Waals surface area contributed by atoms with E-state index in [1.165, 1.54) is 17.4 Å². The number of fused-ring (bicyclic) bond motifs is 1. The van der Waals surface area contributed by atoms with E-state index in [9.17, 15) is 9.59 Å². The molecule has 7 heteroatoms. The maximum Gasteiger partial charge on any atom is 0.339 e. The molecular formula is C14H11NO4S2. The molecule has 3 rings (SSSR count). The van der Waals surface area contributed by atoms with Gasteiger partial charge in [-0.05, 0) is 30.5 Å². The van der Waals surface area contributed by atoms with Gasteiger partial charge in [0.15, 0.2) is 0 Å². The molecule has 2 N–H and O–H groups in total. The second kappa shape index (κ2) is 5.34. The molecule has 0 aliphatic heterocycles. The lowest BCUT2D eigenvalue weighted by Crippen LogP contribution is -2.21. The van der Waals surface area contributed by atoms with E-state index < -0.39 is 5.97 Å². The standard InChI is InChI=1S/C14H11NO4S2/c1-7-9(14(17)18)4-8(19-7)6-15-13(16)12-5-11-10(21-12)2-3-20-11/h2-5H,6H2,1H3,(H,15,16)(H,17,18). The lowest BCUT2D eigenvalue weighted by Gasteiger charge is -2.00. The number of carbonyl (C=O) groups excluding carboxylic acids is 1. The van der Waals surface area contributed by atoms with Crippen LogP contribution < -0.4 is 5.32 Å². The molecule has 3 aromatic heterocycles. The fourth-order valence-corrected chi connectivity index (χ4v) is 4.00. The lowest BCUT2D eigenvalue weighted by atomic mass is 10.2. The fraction of sp³-hybridized carbons (Fsp3) is 0.143. The van der Waals surface area contributed by atoms with Crippen LogP contribution in [-0.2, 0) is 6.54 Å². The number of carbonyl (C=O) groups is 2. The van der Waals surface area contributed by atoms with Gasteiger partial charge in [0.25, 0.3) is 5.91 Å². The first-order valence-corrected chi connectivity index (χ1v) is 7.82. The molecule has 108 valence electrons. The molecular weight excluding hydrogens is 310 g/mol. The zero-order chi connectivity index (χ0) is 15.0. The van der Waals surface area contributed by atoms with Crippen molar-refractivity contribution in [3.05, 3.63) is 45.5 Å². The summed E-state index contributed by atoms with van der Waals surface area (Å²) in [6.45, 7) is 1.75. The molecule has 0 unspecified atom stereocenters. The van der Waals surface area contributed by atoms with Crippen LogP contribution in [0.4, 0.5) is 0 Å². The summed E-state index contributed by atoms with van der Waals surface area (Å²) in [6.07, 6.45) is 0. The predicted molar refractivity (Wildman–Crippen MR) is 81.3 cm³/mol. The van der Waals surface area contributed by atoms with Crippen LogP contribution in [0.15, 0.2) is 28.0 Å². The number of aromatic carboxylic acids is 1. The summed E-state index contributed by atoms with van der Waals surface area (Å²) in [6, 6.07) is 5.28. The number of carboxylic acid groups (broad SMARTS) is 1. The van der Waals surface area contributed by atoms with E-state index in [1.54, 1.807) is 18.3 Å². The quantitative estimate of drug-likeness (QED) is 0.771. The van der Waals surface area contributed by atoms with Crippen LogP contribution in [0.25, 0.3) is 9.40 Å². The average molecular weight is 321 g/mol. The number of furan rings is 1. The van der Waals surface area contributed by atoms with Crippen molar-refractivity contribution < 1.29 is 19.1 Å². The average Bonchev–Trinajstić information content (AvgIpc) is 3.08. The highest BCUT2D eigenvalue weighted by Gasteiger charge is 2.15. The third-order valence-electron chi connectivity index (χ3n) is 2.99. The minimum Gasteiger partial charge on any atom is -0.478 e. The number of amides is 1. The van der Waals surface area contributed by atoms with Crippen LogP contribution in [0.2, 0.25) is 0 Å². The van der Waals surface area contributed by atoms with Crippen LogP contribution in [0.1, 0.15) is 31.6 Å². The molecule has 0 saturated heterocycles. The van der Waals surface area contributed by atoms with Crippen molar-refractivity contribution in [3.8, 4) is 0 Å². The zero-order valence-electron chi connectivity index (χ0n) is 11.0. The number of hydrogen-bond acceptors (Lipinski definition) is 5. The van der Waals surface area contributed by atoms with E-state index >= 15 is 0 Å². The van der Waals surface area contributed by atoms with E-state index in [-0.39, 0.29) is 18.0 Å². The van der Waals surface area contributed by atoms with Gasteiger partial charge in [0.1, 0.15) is 17.1 Å². The molecule has 3 heterocycles. The summed E-state index contributed by atoms with van der Waals surface area (Å²) in [4.78, 5) is 23.6. The van der Waals surface area contributed by atoms with Gasteiger partial charge in [-0.25, -0.2) is 4.79 Å². The van der Waals surface area contributed by atoms with Gasteiger partial charge in [-0.1, -0.05) is 0 Å². The molecule has 0 aliphatic carbocycles. The van der Waals surface area contributed by atoms with Gasteiger partial charge in [0, 0.05) is 9.40 Å². The van der Waals surface area contributed by atoms with Crippen molar-refractivity contribution in [2.45, 2.75) is 13.5 Å². The Morgan fingerprint density at radius 2 is 2.14 bits per heavy atom. The second-order valence-electron chi connectivity index (χ2n) is 4.43. The third-order valence-corrected chi connectivity index (χ3v) is 5.08. The molecule has 21 heavy (non-hydrogen) atoms. The van der Waals surface area contributed by atoms with Crippen LogP contribution in [0, 0.1) is 6.92 Å². The van der Waals surface area contributed by atoms with Crippen molar-refractivity contribution in [1.29, 1.82) is 0 Å². The SMILES string of the molecule is Cc1oc(CNC(=O)c2cc3sccc3s2)cc1C(=O)O. The van der Waals surface area contributed by atoms with Crippen molar-refractivity contribution in [2.24, 2.45) is 0 Å². The first-order chi connectivity index (χ1) is 10.0. The van der Waals surface area contributed by atoms with Gasteiger partial charge >= 0.3 is 5.97 Å². The Kier molecular flexibility index (Phi) is 3.52. The minimum atomic E-state index is -1.03. The second-order valence-corrected chi connectivity index (χ2v) is 6.46. The predicted octanol–water partition coefficient (Wildman–Crippen LogP) is 3.49. The topological polar surface area (TPSA) is 79.5 Å². The van der Waals surface area contributed by atoms with Gasteiger partial charge in [-0.2, -0.15) is 0 Å². The van der Waals surface area contributed by atoms with Gasteiger partial charge in [0.2, 0.25) is 0 Å². The molecule has 3 aromatic rings. The van der Waals surface area contributed by atoms with Gasteiger partial charge in [0.05, 0.1) is 11.4 Å². The molecule has 0 aliphatic rings. The monoisotopic (exact) mass is 321 g/mol. The van der Waals surface area contributed by atoms with E-state index in [2.05, 4.69) is 5.32 Å². The molecule has 5 nitrogen and oxygen atoms in total. The van der Waals surface area contributed by atoms with Gasteiger partial charge in [-0.3, -0.25) is 4.79 Å². The highest BCUT2D eigenvalue weighted by molar-refractivity contribution is 7.27. The van der Waals surface area contributed by atoms with Crippen molar-refractivity contribution >= 4 is 43.9 Å². The van der Waals surface area contributed by atoms with Crippen molar-refractivity contribution in [2.75, 3.05) is 0 Å². The molecule has 1 amide bonds. The molecule has 0 saturated carbocycles. The van der Waals surface area contributed by atoms with E-state index in [4.69, 9.17) is 9.52 Å². The Labute approximate surface area is 127 Å². The third kappa shape index (κ3) is 2.70. The van der Waals surface area contributed by atoms with Crippen LogP contribution in [-0.4, -0.2) is 17.0 Å². The summed E-state index contributed by atoms with van der Waals surface area (Å²) >= 11 is 3.03. The van der Waals surface area contributed by atoms with Crippen LogP contribution >= 0.6 is 22.7 Å². The van der Waals surface area contributed by atoms with Gasteiger partial charge < -0.3 is 14.8 Å². The smallest absolute Gasteiger partial charge is 0.339 e. The molecule has 0 bridgehead atoms. The summed E-state index contributed by atoms with van der Waals surface area (Å²) in [7, 11) is 0. The van der Waals surface area contributed by atoms with Crippen LogP contribution in [0.5, 0.6) is 0 Å². The molecule has 0 fully saturated rings. The highest BCUT2D eigenvalue weighted by atomic mass is 32.1. The maximum atomic E-state index is 12.1. The maximum absolute atomic E-state index is 12.1. The number of rotatable bonds is 4. The molecule has 0 aromatic carbocycles. The number of hydrogen-bond donors (Lipinski definition) is 2. The largest absolute Gasteiger partial charge is 0.478 e. The molecule has 0 spiro atoms. The first-order valence-electron chi connectivity index (χ1n) is 6.12.